The first-order chi connectivity index (χ1) is 12.6. The van der Waals surface area contributed by atoms with E-state index in [1.54, 1.807) is 30.2 Å². The van der Waals surface area contributed by atoms with E-state index in [0.29, 0.717) is 16.3 Å². The predicted octanol–water partition coefficient (Wildman–Crippen LogP) is 3.10. The van der Waals surface area contributed by atoms with Gasteiger partial charge in [-0.15, -0.1) is 11.8 Å². The Labute approximate surface area is 154 Å². The van der Waals surface area contributed by atoms with Crippen LogP contribution in [-0.2, 0) is 9.84 Å². The van der Waals surface area contributed by atoms with Crippen molar-refractivity contribution < 1.29 is 8.42 Å². The quantitative estimate of drug-likeness (QED) is 0.507. The van der Waals surface area contributed by atoms with Crippen LogP contribution in [0.2, 0.25) is 0 Å². The molecule has 2 aromatic heterocycles. The summed E-state index contributed by atoms with van der Waals surface area (Å²) in [6.45, 7) is 0. The molecule has 1 aliphatic heterocycles. The summed E-state index contributed by atoms with van der Waals surface area (Å²) in [5.74, 6) is 0.667. The average Bonchev–Trinajstić information content (AvgIpc) is 3.10. The SMILES string of the molecule is O=S(=O)(C[C@H]1CSc2ncnc3ncn1c23)c1ccc2ccccc2c1. The Morgan fingerprint density at radius 2 is 1.92 bits per heavy atom. The molecule has 0 unspecified atom stereocenters. The van der Waals surface area contributed by atoms with Crippen molar-refractivity contribution in [3.63, 3.8) is 0 Å². The van der Waals surface area contributed by atoms with Crippen molar-refractivity contribution in [2.75, 3.05) is 11.5 Å². The molecular weight excluding hydrogens is 368 g/mol. The zero-order chi connectivity index (χ0) is 17.7. The van der Waals surface area contributed by atoms with Gasteiger partial charge in [0.05, 0.1) is 23.0 Å². The molecule has 1 aliphatic rings. The Balaban J connectivity index is 1.53. The van der Waals surface area contributed by atoms with Crippen LogP contribution < -0.4 is 0 Å². The lowest BCUT2D eigenvalue weighted by Crippen LogP contribution is -2.24. The molecule has 1 atom stereocenters. The molecule has 0 saturated heterocycles. The van der Waals surface area contributed by atoms with Crippen LogP contribution in [-0.4, -0.2) is 39.4 Å². The third-order valence-electron chi connectivity index (χ3n) is 4.63. The summed E-state index contributed by atoms with van der Waals surface area (Å²) < 4.78 is 27.9. The van der Waals surface area contributed by atoms with Crippen LogP contribution in [0.5, 0.6) is 0 Å². The van der Waals surface area contributed by atoms with Gasteiger partial charge in [0, 0.05) is 5.75 Å². The van der Waals surface area contributed by atoms with Gasteiger partial charge >= 0.3 is 0 Å². The number of sulfone groups is 1. The maximum Gasteiger partial charge on any atom is 0.181 e. The summed E-state index contributed by atoms with van der Waals surface area (Å²) in [6.07, 6.45) is 3.16. The van der Waals surface area contributed by atoms with E-state index in [1.807, 2.05) is 34.9 Å². The lowest BCUT2D eigenvalue weighted by molar-refractivity contribution is 0.563. The van der Waals surface area contributed by atoms with Gasteiger partial charge in [-0.25, -0.2) is 23.4 Å². The van der Waals surface area contributed by atoms with Crippen molar-refractivity contribution >= 4 is 43.5 Å². The molecule has 0 aliphatic carbocycles. The molecule has 26 heavy (non-hydrogen) atoms. The van der Waals surface area contributed by atoms with Gasteiger partial charge in [0.15, 0.2) is 15.5 Å². The summed E-state index contributed by atoms with van der Waals surface area (Å²) in [4.78, 5) is 13.1. The van der Waals surface area contributed by atoms with E-state index in [1.165, 1.54) is 6.33 Å². The maximum absolute atomic E-state index is 13.0. The third kappa shape index (κ3) is 2.48. The van der Waals surface area contributed by atoms with Gasteiger partial charge in [0.1, 0.15) is 16.9 Å². The van der Waals surface area contributed by atoms with Gasteiger partial charge in [0.25, 0.3) is 0 Å². The van der Waals surface area contributed by atoms with Gasteiger partial charge in [0.2, 0.25) is 0 Å². The zero-order valence-corrected chi connectivity index (χ0v) is 15.2. The molecule has 0 spiro atoms. The monoisotopic (exact) mass is 382 g/mol. The predicted molar refractivity (Wildman–Crippen MR) is 101 cm³/mol. The number of benzene rings is 2. The largest absolute Gasteiger partial charge is 0.322 e. The Morgan fingerprint density at radius 3 is 2.81 bits per heavy atom. The summed E-state index contributed by atoms with van der Waals surface area (Å²) in [5.41, 5.74) is 1.43. The number of thioether (sulfide) groups is 1. The zero-order valence-electron chi connectivity index (χ0n) is 13.6. The van der Waals surface area contributed by atoms with Crippen LogP contribution in [0.1, 0.15) is 6.04 Å². The van der Waals surface area contributed by atoms with E-state index in [4.69, 9.17) is 0 Å². The Bertz CT molecular complexity index is 1250. The van der Waals surface area contributed by atoms with Gasteiger partial charge in [-0.05, 0) is 22.9 Å². The van der Waals surface area contributed by atoms with Crippen LogP contribution in [0.3, 0.4) is 0 Å². The first-order valence-corrected chi connectivity index (χ1v) is 10.8. The van der Waals surface area contributed by atoms with E-state index in [2.05, 4.69) is 15.0 Å². The van der Waals surface area contributed by atoms with Gasteiger partial charge in [-0.2, -0.15) is 0 Å². The molecule has 2 aromatic carbocycles. The number of hydrogen-bond donors (Lipinski definition) is 0. The maximum atomic E-state index is 13.0. The second kappa shape index (κ2) is 5.78. The minimum atomic E-state index is -3.43. The summed E-state index contributed by atoms with van der Waals surface area (Å²) in [6, 6.07) is 12.9. The van der Waals surface area contributed by atoms with Crippen LogP contribution in [0.4, 0.5) is 0 Å². The van der Waals surface area contributed by atoms with Crippen molar-refractivity contribution in [3.05, 3.63) is 55.1 Å². The molecule has 0 N–H and O–H groups in total. The molecule has 0 amide bonds. The lowest BCUT2D eigenvalue weighted by Gasteiger charge is -2.23. The van der Waals surface area contributed by atoms with Crippen LogP contribution in [0.25, 0.3) is 21.9 Å². The molecule has 8 heteroatoms. The Kier molecular flexibility index (Phi) is 3.51. The number of rotatable bonds is 3. The normalized spacial score (nSPS) is 17.0. The van der Waals surface area contributed by atoms with E-state index in [-0.39, 0.29) is 11.8 Å². The molecule has 4 aromatic rings. The molecule has 0 radical (unpaired) electrons. The highest BCUT2D eigenvalue weighted by molar-refractivity contribution is 7.99. The Hall–Kier alpha value is -2.45. The van der Waals surface area contributed by atoms with Crippen molar-refractivity contribution in [3.8, 4) is 0 Å². The second-order valence-electron chi connectivity index (χ2n) is 6.26. The van der Waals surface area contributed by atoms with Crippen LogP contribution in [0.15, 0.2) is 65.0 Å². The van der Waals surface area contributed by atoms with E-state index in [9.17, 15) is 8.42 Å². The minimum absolute atomic E-state index is 0.0259. The molecule has 6 nitrogen and oxygen atoms in total. The lowest BCUT2D eigenvalue weighted by atomic mass is 10.1. The summed E-state index contributed by atoms with van der Waals surface area (Å²) in [7, 11) is -3.43. The summed E-state index contributed by atoms with van der Waals surface area (Å²) in [5, 5.41) is 2.81. The van der Waals surface area contributed by atoms with Gasteiger partial charge < -0.3 is 4.57 Å². The third-order valence-corrected chi connectivity index (χ3v) is 7.55. The molecular formula is C18H14N4O2S2. The fourth-order valence-electron chi connectivity index (χ4n) is 3.33. The van der Waals surface area contributed by atoms with Crippen molar-refractivity contribution in [1.82, 2.24) is 19.5 Å². The molecule has 0 fully saturated rings. The van der Waals surface area contributed by atoms with Crippen molar-refractivity contribution in [2.45, 2.75) is 16.0 Å². The highest BCUT2D eigenvalue weighted by atomic mass is 32.2. The summed E-state index contributed by atoms with van der Waals surface area (Å²) >= 11 is 1.56. The number of nitrogens with zero attached hydrogens (tertiary/aromatic N) is 4. The average molecular weight is 382 g/mol. The fraction of sp³-hybridized carbons (Fsp3) is 0.167. The number of imidazole rings is 1. The first kappa shape index (κ1) is 15.8. The molecule has 3 heterocycles. The second-order valence-corrected chi connectivity index (χ2v) is 9.30. The first-order valence-electron chi connectivity index (χ1n) is 8.14. The van der Waals surface area contributed by atoms with Crippen molar-refractivity contribution in [2.24, 2.45) is 0 Å². The molecule has 130 valence electrons. The van der Waals surface area contributed by atoms with E-state index >= 15 is 0 Å². The van der Waals surface area contributed by atoms with Gasteiger partial charge in [-0.1, -0.05) is 30.3 Å². The molecule has 0 bridgehead atoms. The molecule has 5 rings (SSSR count). The van der Waals surface area contributed by atoms with Crippen molar-refractivity contribution in [1.29, 1.82) is 0 Å². The minimum Gasteiger partial charge on any atom is -0.322 e. The highest BCUT2D eigenvalue weighted by Crippen LogP contribution is 2.35. The number of hydrogen-bond acceptors (Lipinski definition) is 6. The molecule has 0 saturated carbocycles. The number of aromatic nitrogens is 4. The van der Waals surface area contributed by atoms with E-state index < -0.39 is 9.84 Å². The standard InChI is InChI=1S/C18H14N4O2S2/c23-26(24,15-6-5-12-3-1-2-4-13(12)7-15)9-14-8-25-18-16-17(19-10-20-18)21-11-22(14)16/h1-7,10-11,14H,8-9H2/t14-/m1/s1. The van der Waals surface area contributed by atoms with E-state index in [0.717, 1.165) is 21.3 Å². The van der Waals surface area contributed by atoms with Gasteiger partial charge in [-0.3, -0.25) is 0 Å². The smallest absolute Gasteiger partial charge is 0.181 e. The topological polar surface area (TPSA) is 77.7 Å². The fourth-order valence-corrected chi connectivity index (χ4v) is 6.12. The highest BCUT2D eigenvalue weighted by Gasteiger charge is 2.29. The van der Waals surface area contributed by atoms with Crippen LogP contribution >= 0.6 is 11.8 Å². The van der Waals surface area contributed by atoms with Crippen LogP contribution in [0, 0.1) is 0 Å². The Morgan fingerprint density at radius 1 is 1.08 bits per heavy atom. The number of fused-ring (bicyclic) bond motifs is 1.